The standard InChI is InChI=1S/C19H29N3O2/c1-3-10-21(2)16-8-6-15(7-9-16)19(23)20-12-18-13-22-11-4-5-17(22)14-24-18/h6-9,17-18H,3-5,10-14H2,1-2H3,(H,20,23)/t17-,18-/m0/s1. The molecule has 0 spiro atoms. The summed E-state index contributed by atoms with van der Waals surface area (Å²) in [5, 5.41) is 3.02. The van der Waals surface area contributed by atoms with Gasteiger partial charge in [0.1, 0.15) is 0 Å². The Labute approximate surface area is 145 Å². The third-order valence-electron chi connectivity index (χ3n) is 5.08. The van der Waals surface area contributed by atoms with Crippen LogP contribution in [0, 0.1) is 0 Å². The van der Waals surface area contributed by atoms with Gasteiger partial charge in [-0.2, -0.15) is 0 Å². The minimum atomic E-state index is -0.0214. The van der Waals surface area contributed by atoms with Gasteiger partial charge in [0.25, 0.3) is 5.91 Å². The average molecular weight is 331 g/mol. The number of nitrogens with one attached hydrogen (secondary N) is 1. The molecule has 2 aliphatic heterocycles. The summed E-state index contributed by atoms with van der Waals surface area (Å²) in [6, 6.07) is 8.42. The highest BCUT2D eigenvalue weighted by atomic mass is 16.5. The Balaban J connectivity index is 1.48. The van der Waals surface area contributed by atoms with E-state index in [4.69, 9.17) is 4.74 Å². The number of carbonyl (C=O) groups excluding carboxylic acids is 1. The van der Waals surface area contributed by atoms with Crippen molar-refractivity contribution in [1.29, 1.82) is 0 Å². The van der Waals surface area contributed by atoms with Gasteiger partial charge >= 0.3 is 0 Å². The van der Waals surface area contributed by atoms with Crippen LogP contribution in [0.2, 0.25) is 0 Å². The van der Waals surface area contributed by atoms with Crippen LogP contribution in [-0.4, -0.2) is 62.8 Å². The van der Waals surface area contributed by atoms with Crippen molar-refractivity contribution in [1.82, 2.24) is 10.2 Å². The zero-order valence-electron chi connectivity index (χ0n) is 14.8. The molecule has 3 rings (SSSR count). The van der Waals surface area contributed by atoms with Crippen LogP contribution in [0.3, 0.4) is 0 Å². The quantitative estimate of drug-likeness (QED) is 0.867. The molecule has 1 aromatic carbocycles. The van der Waals surface area contributed by atoms with Crippen molar-refractivity contribution in [3.63, 3.8) is 0 Å². The lowest BCUT2D eigenvalue weighted by atomic mass is 10.1. The molecule has 2 heterocycles. The van der Waals surface area contributed by atoms with Crippen molar-refractivity contribution in [3.05, 3.63) is 29.8 Å². The van der Waals surface area contributed by atoms with Crippen LogP contribution in [0.1, 0.15) is 36.5 Å². The van der Waals surface area contributed by atoms with Gasteiger partial charge in [0, 0.05) is 44.0 Å². The average Bonchev–Trinajstić information content (AvgIpc) is 3.07. The van der Waals surface area contributed by atoms with Crippen LogP contribution in [-0.2, 0) is 4.74 Å². The summed E-state index contributed by atoms with van der Waals surface area (Å²) in [4.78, 5) is 17.0. The van der Waals surface area contributed by atoms with Crippen LogP contribution in [0.4, 0.5) is 5.69 Å². The van der Waals surface area contributed by atoms with E-state index in [1.807, 2.05) is 24.3 Å². The number of anilines is 1. The van der Waals surface area contributed by atoms with Gasteiger partial charge in [-0.05, 0) is 50.1 Å². The third kappa shape index (κ3) is 4.08. The lowest BCUT2D eigenvalue weighted by Crippen LogP contribution is -2.50. The lowest BCUT2D eigenvalue weighted by Gasteiger charge is -2.35. The molecule has 2 saturated heterocycles. The van der Waals surface area contributed by atoms with E-state index in [0.717, 1.165) is 31.8 Å². The van der Waals surface area contributed by atoms with Crippen molar-refractivity contribution < 1.29 is 9.53 Å². The second-order valence-electron chi connectivity index (χ2n) is 6.92. The Morgan fingerprint density at radius 3 is 2.92 bits per heavy atom. The Kier molecular flexibility index (Phi) is 5.74. The molecule has 1 amide bonds. The molecule has 0 unspecified atom stereocenters. The zero-order chi connectivity index (χ0) is 16.9. The lowest BCUT2D eigenvalue weighted by molar-refractivity contribution is -0.0461. The monoisotopic (exact) mass is 331 g/mol. The topological polar surface area (TPSA) is 44.8 Å². The highest BCUT2D eigenvalue weighted by molar-refractivity contribution is 5.94. The number of fused-ring (bicyclic) bond motifs is 1. The minimum absolute atomic E-state index is 0.0214. The maximum absolute atomic E-state index is 12.3. The Hall–Kier alpha value is -1.59. The molecule has 2 fully saturated rings. The summed E-state index contributed by atoms with van der Waals surface area (Å²) in [6.45, 7) is 6.67. The smallest absolute Gasteiger partial charge is 0.251 e. The fourth-order valence-corrected chi connectivity index (χ4v) is 3.65. The van der Waals surface area contributed by atoms with Gasteiger partial charge in [0.05, 0.1) is 12.7 Å². The summed E-state index contributed by atoms with van der Waals surface area (Å²) in [7, 11) is 2.07. The summed E-state index contributed by atoms with van der Waals surface area (Å²) in [5.41, 5.74) is 1.85. The van der Waals surface area contributed by atoms with Crippen LogP contribution < -0.4 is 10.2 Å². The molecule has 2 aliphatic rings. The molecule has 2 atom stereocenters. The van der Waals surface area contributed by atoms with Gasteiger partial charge in [0.2, 0.25) is 0 Å². The van der Waals surface area contributed by atoms with Gasteiger partial charge in [-0.15, -0.1) is 0 Å². The molecular formula is C19H29N3O2. The van der Waals surface area contributed by atoms with Crippen LogP contribution in [0.5, 0.6) is 0 Å². The van der Waals surface area contributed by atoms with Gasteiger partial charge < -0.3 is 15.0 Å². The Morgan fingerprint density at radius 2 is 2.17 bits per heavy atom. The number of hydrogen-bond acceptors (Lipinski definition) is 4. The maximum Gasteiger partial charge on any atom is 0.251 e. The SMILES string of the molecule is CCCN(C)c1ccc(C(=O)NC[C@H]2CN3CCC[C@H]3CO2)cc1. The maximum atomic E-state index is 12.3. The largest absolute Gasteiger partial charge is 0.375 e. The van der Waals surface area contributed by atoms with E-state index in [-0.39, 0.29) is 12.0 Å². The predicted molar refractivity (Wildman–Crippen MR) is 96.7 cm³/mol. The molecule has 24 heavy (non-hydrogen) atoms. The van der Waals surface area contributed by atoms with E-state index >= 15 is 0 Å². The van der Waals surface area contributed by atoms with Crippen LogP contribution >= 0.6 is 0 Å². The molecular weight excluding hydrogens is 302 g/mol. The van der Waals surface area contributed by atoms with Crippen molar-refractivity contribution in [2.45, 2.75) is 38.3 Å². The Morgan fingerprint density at radius 1 is 1.38 bits per heavy atom. The normalized spacial score (nSPS) is 23.8. The van der Waals surface area contributed by atoms with Crippen molar-refractivity contribution in [2.75, 3.05) is 44.7 Å². The molecule has 0 saturated carbocycles. The number of ether oxygens (including phenoxy) is 1. The second kappa shape index (κ2) is 7.99. The molecule has 1 aromatic rings. The van der Waals surface area contributed by atoms with E-state index < -0.39 is 0 Å². The molecule has 5 heteroatoms. The third-order valence-corrected chi connectivity index (χ3v) is 5.08. The van der Waals surface area contributed by atoms with Gasteiger partial charge in [-0.25, -0.2) is 0 Å². The number of amides is 1. The van der Waals surface area contributed by atoms with E-state index in [9.17, 15) is 4.79 Å². The first-order valence-corrected chi connectivity index (χ1v) is 9.12. The van der Waals surface area contributed by atoms with Crippen molar-refractivity contribution in [3.8, 4) is 0 Å². The summed E-state index contributed by atoms with van der Waals surface area (Å²) < 4.78 is 5.89. The van der Waals surface area contributed by atoms with E-state index in [2.05, 4.69) is 29.1 Å². The minimum Gasteiger partial charge on any atom is -0.375 e. The first kappa shape index (κ1) is 17.2. The van der Waals surface area contributed by atoms with Gasteiger partial charge in [0.15, 0.2) is 0 Å². The fraction of sp³-hybridized carbons (Fsp3) is 0.632. The van der Waals surface area contributed by atoms with E-state index in [1.54, 1.807) is 0 Å². The Bertz CT molecular complexity index is 546. The summed E-state index contributed by atoms with van der Waals surface area (Å²) >= 11 is 0. The van der Waals surface area contributed by atoms with Gasteiger partial charge in [-0.3, -0.25) is 9.69 Å². The molecule has 0 aromatic heterocycles. The number of hydrogen-bond donors (Lipinski definition) is 1. The number of morpholine rings is 1. The highest BCUT2D eigenvalue weighted by Crippen LogP contribution is 2.22. The highest BCUT2D eigenvalue weighted by Gasteiger charge is 2.32. The number of rotatable bonds is 6. The molecule has 0 radical (unpaired) electrons. The molecule has 0 aliphatic carbocycles. The molecule has 5 nitrogen and oxygen atoms in total. The van der Waals surface area contributed by atoms with Crippen molar-refractivity contribution >= 4 is 11.6 Å². The molecule has 1 N–H and O–H groups in total. The van der Waals surface area contributed by atoms with Crippen LogP contribution in [0.25, 0.3) is 0 Å². The van der Waals surface area contributed by atoms with Crippen molar-refractivity contribution in [2.24, 2.45) is 0 Å². The van der Waals surface area contributed by atoms with E-state index in [1.165, 1.54) is 19.4 Å². The fourth-order valence-electron chi connectivity index (χ4n) is 3.65. The first-order chi connectivity index (χ1) is 11.7. The number of benzene rings is 1. The second-order valence-corrected chi connectivity index (χ2v) is 6.92. The number of carbonyl (C=O) groups is 1. The van der Waals surface area contributed by atoms with Gasteiger partial charge in [-0.1, -0.05) is 6.92 Å². The first-order valence-electron chi connectivity index (χ1n) is 9.12. The summed E-state index contributed by atoms with van der Waals surface area (Å²) in [6.07, 6.45) is 3.74. The summed E-state index contributed by atoms with van der Waals surface area (Å²) in [5.74, 6) is -0.0214. The number of nitrogens with zero attached hydrogens (tertiary/aromatic N) is 2. The predicted octanol–water partition coefficient (Wildman–Crippen LogP) is 2.13. The molecule has 0 bridgehead atoms. The zero-order valence-corrected chi connectivity index (χ0v) is 14.8. The molecule has 132 valence electrons. The van der Waals surface area contributed by atoms with E-state index in [0.29, 0.717) is 18.2 Å². The van der Waals surface area contributed by atoms with Crippen LogP contribution in [0.15, 0.2) is 24.3 Å².